The Morgan fingerprint density at radius 2 is 2.11 bits per heavy atom. The van der Waals surface area contributed by atoms with Crippen LogP contribution in [0.3, 0.4) is 0 Å². The molecule has 0 spiro atoms. The first-order valence-corrected chi connectivity index (χ1v) is 6.31. The van der Waals surface area contributed by atoms with Gasteiger partial charge in [0.15, 0.2) is 5.13 Å². The number of nitrogens with zero attached hydrogens (tertiary/aromatic N) is 1. The summed E-state index contributed by atoms with van der Waals surface area (Å²) in [5.74, 6) is -0.381. The minimum Gasteiger partial charge on any atom is -0.333 e. The molecule has 0 radical (unpaired) electrons. The van der Waals surface area contributed by atoms with Crippen LogP contribution in [0.1, 0.15) is 20.8 Å². The Morgan fingerprint density at radius 1 is 1.39 bits per heavy atom. The van der Waals surface area contributed by atoms with Crippen LogP contribution in [-0.2, 0) is 0 Å². The lowest BCUT2D eigenvalue weighted by molar-refractivity contribution is 0.244. The number of rotatable bonds is 1. The molecule has 0 fully saturated rings. The van der Waals surface area contributed by atoms with Gasteiger partial charge >= 0.3 is 6.03 Å². The van der Waals surface area contributed by atoms with Crippen LogP contribution in [0.25, 0.3) is 10.2 Å². The standard InChI is InChI=1S/C12H14FN3OS/c1-12(2,3)16-10(17)15-11-14-9-7(13)5-4-6-8(9)18-11/h4-6H,1-3H3,(H2,14,15,16,17). The predicted octanol–water partition coefficient (Wildman–Crippen LogP) is 3.36. The van der Waals surface area contributed by atoms with E-state index in [-0.39, 0.29) is 22.9 Å². The number of urea groups is 1. The van der Waals surface area contributed by atoms with Gasteiger partial charge in [-0.1, -0.05) is 17.4 Å². The fraction of sp³-hybridized carbons (Fsp3) is 0.333. The van der Waals surface area contributed by atoms with E-state index in [1.165, 1.54) is 17.4 Å². The molecular weight excluding hydrogens is 253 g/mol. The Balaban J connectivity index is 2.18. The number of carbonyl (C=O) groups is 1. The molecule has 0 unspecified atom stereocenters. The number of halogens is 1. The molecule has 0 bridgehead atoms. The average molecular weight is 267 g/mol. The van der Waals surface area contributed by atoms with E-state index in [4.69, 9.17) is 0 Å². The maximum absolute atomic E-state index is 13.4. The van der Waals surface area contributed by atoms with Crippen molar-refractivity contribution in [3.63, 3.8) is 0 Å². The van der Waals surface area contributed by atoms with E-state index in [1.807, 2.05) is 20.8 Å². The van der Waals surface area contributed by atoms with Crippen molar-refractivity contribution in [3.8, 4) is 0 Å². The zero-order valence-corrected chi connectivity index (χ0v) is 11.2. The molecule has 0 aliphatic rings. The lowest BCUT2D eigenvalue weighted by Gasteiger charge is -2.19. The summed E-state index contributed by atoms with van der Waals surface area (Å²) in [5, 5.41) is 5.74. The van der Waals surface area contributed by atoms with Gasteiger partial charge in [0.2, 0.25) is 0 Å². The van der Waals surface area contributed by atoms with Crippen LogP contribution in [0.2, 0.25) is 0 Å². The summed E-state index contributed by atoms with van der Waals surface area (Å²) in [4.78, 5) is 15.7. The SMILES string of the molecule is CC(C)(C)NC(=O)Nc1nc2c(F)cccc2s1. The Labute approximate surface area is 108 Å². The van der Waals surface area contributed by atoms with E-state index >= 15 is 0 Å². The van der Waals surface area contributed by atoms with Gasteiger partial charge in [-0.2, -0.15) is 0 Å². The van der Waals surface area contributed by atoms with Gasteiger partial charge in [0.1, 0.15) is 11.3 Å². The number of amides is 2. The van der Waals surface area contributed by atoms with Crippen molar-refractivity contribution >= 4 is 32.7 Å². The van der Waals surface area contributed by atoms with E-state index in [0.717, 1.165) is 0 Å². The largest absolute Gasteiger partial charge is 0.333 e. The molecule has 0 saturated heterocycles. The third-order valence-corrected chi connectivity index (χ3v) is 3.01. The fourth-order valence-corrected chi connectivity index (χ4v) is 2.31. The minimum absolute atomic E-state index is 0.286. The molecule has 6 heteroatoms. The van der Waals surface area contributed by atoms with E-state index in [9.17, 15) is 9.18 Å². The first-order valence-electron chi connectivity index (χ1n) is 5.49. The fourth-order valence-electron chi connectivity index (χ4n) is 1.44. The van der Waals surface area contributed by atoms with Gasteiger partial charge in [-0.25, -0.2) is 14.2 Å². The van der Waals surface area contributed by atoms with Crippen molar-refractivity contribution in [2.24, 2.45) is 0 Å². The summed E-state index contributed by atoms with van der Waals surface area (Å²) in [6.07, 6.45) is 0. The van der Waals surface area contributed by atoms with Crippen molar-refractivity contribution in [2.45, 2.75) is 26.3 Å². The highest BCUT2D eigenvalue weighted by Crippen LogP contribution is 2.27. The molecule has 18 heavy (non-hydrogen) atoms. The van der Waals surface area contributed by atoms with Crippen molar-refractivity contribution in [3.05, 3.63) is 24.0 Å². The smallest absolute Gasteiger partial charge is 0.321 e. The van der Waals surface area contributed by atoms with E-state index < -0.39 is 0 Å². The molecule has 0 saturated carbocycles. The number of nitrogens with one attached hydrogen (secondary N) is 2. The monoisotopic (exact) mass is 267 g/mol. The number of aromatic nitrogens is 1. The van der Waals surface area contributed by atoms with Crippen LogP contribution in [-0.4, -0.2) is 16.6 Å². The number of thiazole rings is 1. The van der Waals surface area contributed by atoms with Gasteiger partial charge in [-0.3, -0.25) is 5.32 Å². The molecule has 96 valence electrons. The third-order valence-electron chi connectivity index (χ3n) is 2.08. The van der Waals surface area contributed by atoms with Crippen LogP contribution in [0.5, 0.6) is 0 Å². The zero-order chi connectivity index (χ0) is 13.3. The number of carbonyl (C=O) groups excluding carboxylic acids is 1. The van der Waals surface area contributed by atoms with E-state index in [2.05, 4.69) is 15.6 Å². The number of hydrogen-bond acceptors (Lipinski definition) is 3. The molecule has 1 aromatic heterocycles. The molecule has 0 atom stereocenters. The topological polar surface area (TPSA) is 54.0 Å². The summed E-state index contributed by atoms with van der Waals surface area (Å²) in [5.41, 5.74) is -0.0417. The highest BCUT2D eigenvalue weighted by atomic mass is 32.1. The van der Waals surface area contributed by atoms with Gasteiger partial charge in [0.05, 0.1) is 4.70 Å². The van der Waals surface area contributed by atoms with Crippen LogP contribution in [0.15, 0.2) is 18.2 Å². The molecule has 1 aromatic carbocycles. The number of anilines is 1. The van der Waals surface area contributed by atoms with Crippen LogP contribution < -0.4 is 10.6 Å². The maximum atomic E-state index is 13.4. The van der Waals surface area contributed by atoms with Gasteiger partial charge in [-0.05, 0) is 32.9 Å². The molecular formula is C12H14FN3OS. The molecule has 0 aliphatic heterocycles. The second-order valence-corrected chi connectivity index (χ2v) is 5.97. The highest BCUT2D eigenvalue weighted by Gasteiger charge is 2.15. The van der Waals surface area contributed by atoms with E-state index in [1.54, 1.807) is 12.1 Å². The van der Waals surface area contributed by atoms with Gasteiger partial charge < -0.3 is 5.32 Å². The first kappa shape index (κ1) is 12.8. The first-order chi connectivity index (χ1) is 8.35. The van der Waals surface area contributed by atoms with E-state index in [0.29, 0.717) is 9.83 Å². The van der Waals surface area contributed by atoms with Crippen LogP contribution in [0, 0.1) is 5.82 Å². The predicted molar refractivity (Wildman–Crippen MR) is 71.5 cm³/mol. The molecule has 2 aromatic rings. The Bertz CT molecular complexity index is 589. The Morgan fingerprint density at radius 3 is 2.72 bits per heavy atom. The molecule has 4 nitrogen and oxygen atoms in total. The van der Waals surface area contributed by atoms with Gasteiger partial charge in [0, 0.05) is 5.54 Å². The second-order valence-electron chi connectivity index (χ2n) is 4.93. The molecule has 2 rings (SSSR count). The van der Waals surface area contributed by atoms with Crippen molar-refractivity contribution in [1.82, 2.24) is 10.3 Å². The number of benzene rings is 1. The van der Waals surface area contributed by atoms with Crippen molar-refractivity contribution in [2.75, 3.05) is 5.32 Å². The van der Waals surface area contributed by atoms with Crippen molar-refractivity contribution < 1.29 is 9.18 Å². The Hall–Kier alpha value is -1.69. The number of hydrogen-bond donors (Lipinski definition) is 2. The molecule has 0 aliphatic carbocycles. The lowest BCUT2D eigenvalue weighted by atomic mass is 10.1. The maximum Gasteiger partial charge on any atom is 0.321 e. The van der Waals surface area contributed by atoms with Crippen LogP contribution in [0.4, 0.5) is 14.3 Å². The molecule has 2 N–H and O–H groups in total. The molecule has 1 heterocycles. The summed E-state index contributed by atoms with van der Waals surface area (Å²) < 4.78 is 14.1. The second kappa shape index (κ2) is 4.53. The summed E-state index contributed by atoms with van der Waals surface area (Å²) >= 11 is 1.24. The van der Waals surface area contributed by atoms with Gasteiger partial charge in [-0.15, -0.1) is 0 Å². The molecule has 2 amide bonds. The third kappa shape index (κ3) is 2.95. The zero-order valence-electron chi connectivity index (χ0n) is 10.4. The lowest BCUT2D eigenvalue weighted by Crippen LogP contribution is -2.43. The van der Waals surface area contributed by atoms with Crippen LogP contribution >= 0.6 is 11.3 Å². The Kier molecular flexibility index (Phi) is 3.21. The number of fused-ring (bicyclic) bond motifs is 1. The highest BCUT2D eigenvalue weighted by molar-refractivity contribution is 7.22. The van der Waals surface area contributed by atoms with Crippen molar-refractivity contribution in [1.29, 1.82) is 0 Å². The average Bonchev–Trinajstić information content (AvgIpc) is 2.58. The number of para-hydroxylation sites is 1. The normalized spacial score (nSPS) is 11.6. The summed E-state index contributed by atoms with van der Waals surface area (Å²) in [7, 11) is 0. The summed E-state index contributed by atoms with van der Waals surface area (Å²) in [6, 6.07) is 4.39. The quantitative estimate of drug-likeness (QED) is 0.832. The minimum atomic E-state index is -0.381. The van der Waals surface area contributed by atoms with Gasteiger partial charge in [0.25, 0.3) is 0 Å². The summed E-state index contributed by atoms with van der Waals surface area (Å²) in [6.45, 7) is 5.64.